The number of hydrogen-bond donors (Lipinski definition) is 4. The largest absolute Gasteiger partial charge is 0.508 e. The molecule has 7 heteroatoms. The highest BCUT2D eigenvalue weighted by Crippen LogP contribution is 2.48. The Kier molecular flexibility index (Phi) is 8.88. The van der Waals surface area contributed by atoms with Crippen LogP contribution in [0, 0.1) is 5.92 Å². The Balaban J connectivity index is 1.37. The molecule has 0 fully saturated rings. The van der Waals surface area contributed by atoms with Crippen molar-refractivity contribution in [2.45, 2.75) is 44.4 Å². The van der Waals surface area contributed by atoms with Crippen molar-refractivity contribution in [1.82, 2.24) is 5.32 Å². The van der Waals surface area contributed by atoms with Gasteiger partial charge >= 0.3 is 0 Å². The third-order valence-electron chi connectivity index (χ3n) is 6.40. The summed E-state index contributed by atoms with van der Waals surface area (Å²) in [6.45, 7) is 0.865. The number of carbonyl (C=O) groups is 1. The Hall–Kier alpha value is -2.77. The smallest absolute Gasteiger partial charge is 0.181 e. The summed E-state index contributed by atoms with van der Waals surface area (Å²) in [7, 11) is 0. The van der Waals surface area contributed by atoms with E-state index in [1.807, 2.05) is 24.3 Å². The molecule has 2 unspecified atom stereocenters. The molecule has 3 N–H and O–H groups in total. The number of anilines is 1. The predicted molar refractivity (Wildman–Crippen MR) is 149 cm³/mol. The van der Waals surface area contributed by atoms with Crippen LogP contribution in [-0.2, 0) is 4.79 Å². The number of phenols is 1. The fraction of sp³-hybridized carbons (Fsp3) is 0.357. The van der Waals surface area contributed by atoms with Crippen LogP contribution < -0.4 is 15.4 Å². The highest BCUT2D eigenvalue weighted by molar-refractivity contribution is 7.80. The van der Waals surface area contributed by atoms with Crippen molar-refractivity contribution >= 4 is 41.4 Å². The second kappa shape index (κ2) is 12.3. The van der Waals surface area contributed by atoms with Crippen LogP contribution in [-0.4, -0.2) is 28.3 Å². The number of benzene rings is 2. The highest BCUT2D eigenvalue weighted by Gasteiger charge is 2.36. The minimum Gasteiger partial charge on any atom is -0.508 e. The molecule has 2 atom stereocenters. The van der Waals surface area contributed by atoms with Gasteiger partial charge in [-0.05, 0) is 60.7 Å². The number of phenolic OH excluding ortho intramolecular Hbond substituents is 1. The van der Waals surface area contributed by atoms with Gasteiger partial charge in [-0.25, -0.2) is 0 Å². The van der Waals surface area contributed by atoms with Crippen molar-refractivity contribution in [2.75, 3.05) is 17.6 Å². The minimum absolute atomic E-state index is 0.0261. The molecule has 0 aromatic heterocycles. The number of thiol groups is 1. The summed E-state index contributed by atoms with van der Waals surface area (Å²) in [6, 6.07) is 13.3. The van der Waals surface area contributed by atoms with Gasteiger partial charge in [0.15, 0.2) is 10.9 Å². The van der Waals surface area contributed by atoms with Gasteiger partial charge in [-0.2, -0.15) is 12.6 Å². The lowest BCUT2D eigenvalue weighted by Gasteiger charge is -2.35. The number of allylic oxidation sites excluding steroid dienone is 3. The van der Waals surface area contributed by atoms with E-state index in [-0.39, 0.29) is 23.4 Å². The molecule has 1 heterocycles. The fourth-order valence-corrected chi connectivity index (χ4v) is 5.06. The Morgan fingerprint density at radius 2 is 1.77 bits per heavy atom. The summed E-state index contributed by atoms with van der Waals surface area (Å²) in [6.07, 6.45) is 12.3. The first-order valence-corrected chi connectivity index (χ1v) is 13.3. The molecule has 0 saturated heterocycles. The molecule has 0 bridgehead atoms. The molecule has 1 aliphatic carbocycles. The van der Waals surface area contributed by atoms with E-state index in [1.165, 1.54) is 38.2 Å². The molecule has 184 valence electrons. The summed E-state index contributed by atoms with van der Waals surface area (Å²) in [5.41, 5.74) is 2.99. The first kappa shape index (κ1) is 25.3. The van der Waals surface area contributed by atoms with Crippen LogP contribution in [0.25, 0.3) is 0 Å². The summed E-state index contributed by atoms with van der Waals surface area (Å²) >= 11 is 9.71. The maximum atomic E-state index is 11.9. The van der Waals surface area contributed by atoms with E-state index in [2.05, 4.69) is 35.4 Å². The normalized spacial score (nSPS) is 18.2. The Labute approximate surface area is 218 Å². The maximum absolute atomic E-state index is 11.9. The molecule has 35 heavy (non-hydrogen) atoms. The average molecular weight is 509 g/mol. The molecule has 4 rings (SSSR count). The van der Waals surface area contributed by atoms with Gasteiger partial charge in [0.05, 0.1) is 0 Å². The Morgan fingerprint density at radius 3 is 2.54 bits per heavy atom. The zero-order valence-electron chi connectivity index (χ0n) is 19.7. The first-order valence-electron chi connectivity index (χ1n) is 12.3. The molecule has 1 aliphatic heterocycles. The lowest BCUT2D eigenvalue weighted by molar-refractivity contribution is -0.110. The second-order valence-corrected chi connectivity index (χ2v) is 9.84. The molecule has 0 radical (unpaired) electrons. The van der Waals surface area contributed by atoms with Crippen molar-refractivity contribution in [3.05, 3.63) is 77.6 Å². The maximum Gasteiger partial charge on any atom is 0.181 e. The molecule has 2 aromatic carbocycles. The van der Waals surface area contributed by atoms with Gasteiger partial charge in [-0.1, -0.05) is 50.0 Å². The van der Waals surface area contributed by atoms with E-state index in [0.717, 1.165) is 35.5 Å². The van der Waals surface area contributed by atoms with Gasteiger partial charge in [-0.15, -0.1) is 0 Å². The van der Waals surface area contributed by atoms with Crippen LogP contribution >= 0.6 is 24.8 Å². The molecule has 0 saturated carbocycles. The third kappa shape index (κ3) is 6.67. The first-order chi connectivity index (χ1) is 17.0. The van der Waals surface area contributed by atoms with Gasteiger partial charge in [0.2, 0.25) is 0 Å². The van der Waals surface area contributed by atoms with E-state index in [4.69, 9.17) is 17.0 Å². The van der Waals surface area contributed by atoms with Crippen molar-refractivity contribution in [3.8, 4) is 11.5 Å². The zero-order valence-corrected chi connectivity index (χ0v) is 21.4. The second-order valence-electron chi connectivity index (χ2n) is 8.98. The molecule has 2 aromatic rings. The van der Waals surface area contributed by atoms with E-state index < -0.39 is 0 Å². The van der Waals surface area contributed by atoms with E-state index in [0.29, 0.717) is 16.6 Å². The van der Waals surface area contributed by atoms with Gasteiger partial charge in [0.25, 0.3) is 0 Å². The van der Waals surface area contributed by atoms with Crippen molar-refractivity contribution in [3.63, 3.8) is 0 Å². The van der Waals surface area contributed by atoms with E-state index in [1.54, 1.807) is 18.2 Å². The van der Waals surface area contributed by atoms with Crippen LogP contribution in [0.4, 0.5) is 5.69 Å². The minimum atomic E-state index is -0.0901. The quantitative estimate of drug-likeness (QED) is 0.176. The molecular weight excluding hydrogens is 476 g/mol. The van der Waals surface area contributed by atoms with Crippen molar-refractivity contribution < 1.29 is 14.6 Å². The van der Waals surface area contributed by atoms with Gasteiger partial charge < -0.3 is 20.5 Å². The summed E-state index contributed by atoms with van der Waals surface area (Å²) in [5, 5.41) is 17.1. The topological polar surface area (TPSA) is 70.6 Å². The van der Waals surface area contributed by atoms with Crippen LogP contribution in [0.5, 0.6) is 11.5 Å². The number of ether oxygens (including phenoxy) is 1. The highest BCUT2D eigenvalue weighted by atomic mass is 32.1. The molecule has 2 aliphatic rings. The molecule has 0 spiro atoms. The van der Waals surface area contributed by atoms with Crippen LogP contribution in [0.2, 0.25) is 0 Å². The SMILES string of the molecule is O=C1C=CC2C(=C1)Oc1cc(O)ccc1C2c1ccc(NC(=S)NCCCCCCCCS)cc1. The molecule has 5 nitrogen and oxygen atoms in total. The Morgan fingerprint density at radius 1 is 1.03 bits per heavy atom. The van der Waals surface area contributed by atoms with Crippen molar-refractivity contribution in [1.29, 1.82) is 0 Å². The van der Waals surface area contributed by atoms with Gasteiger partial charge in [-0.3, -0.25) is 4.79 Å². The van der Waals surface area contributed by atoms with Gasteiger partial charge in [0.1, 0.15) is 17.3 Å². The van der Waals surface area contributed by atoms with E-state index in [9.17, 15) is 9.90 Å². The summed E-state index contributed by atoms with van der Waals surface area (Å²) in [5.74, 6) is 2.10. The zero-order chi connectivity index (χ0) is 24.6. The van der Waals surface area contributed by atoms with Crippen LogP contribution in [0.1, 0.15) is 55.6 Å². The lowest BCUT2D eigenvalue weighted by atomic mass is 9.76. The summed E-state index contributed by atoms with van der Waals surface area (Å²) in [4.78, 5) is 11.9. The third-order valence-corrected chi connectivity index (χ3v) is 6.96. The number of carbonyl (C=O) groups excluding carboxylic acids is 1. The summed E-state index contributed by atoms with van der Waals surface area (Å²) < 4.78 is 5.98. The molecular formula is C28H32N2O3S2. The van der Waals surface area contributed by atoms with Crippen LogP contribution in [0.3, 0.4) is 0 Å². The Bertz CT molecular complexity index is 1110. The lowest BCUT2D eigenvalue weighted by Crippen LogP contribution is -2.29. The average Bonchev–Trinajstić information content (AvgIpc) is 2.84. The fourth-order valence-electron chi connectivity index (χ4n) is 4.62. The number of unbranched alkanes of at least 4 members (excludes halogenated alkanes) is 5. The standard InChI is InChI=1S/C28H32N2O3S2/c31-21-11-13-23-25(17-21)33-26-18-22(32)12-14-24(26)27(23)19-7-9-20(10-8-19)30-28(35)29-15-5-3-1-2-4-6-16-34/h7-14,17-18,23,27,32,34H,1-6,15-16H2,(H2,29,30,35). The monoisotopic (exact) mass is 508 g/mol. The van der Waals surface area contributed by atoms with E-state index >= 15 is 0 Å². The number of aromatic hydroxyl groups is 1. The van der Waals surface area contributed by atoms with Crippen molar-refractivity contribution in [2.24, 2.45) is 5.92 Å². The van der Waals surface area contributed by atoms with Gasteiger partial charge in [0, 0.05) is 41.8 Å². The number of thiocarbonyl (C=S) groups is 1. The molecule has 0 amide bonds. The number of fused-ring (bicyclic) bond motifs is 2. The number of nitrogens with one attached hydrogen (secondary N) is 2. The number of hydrogen-bond acceptors (Lipinski definition) is 5. The number of ketones is 1. The predicted octanol–water partition coefficient (Wildman–Crippen LogP) is 6.11. The van der Waals surface area contributed by atoms with Crippen LogP contribution in [0.15, 0.2) is 66.5 Å². The number of rotatable bonds is 10.